The van der Waals surface area contributed by atoms with Gasteiger partial charge in [-0.15, -0.1) is 0 Å². The van der Waals surface area contributed by atoms with Crippen molar-refractivity contribution in [3.63, 3.8) is 0 Å². The molecule has 0 aliphatic heterocycles. The van der Waals surface area contributed by atoms with Crippen LogP contribution in [0.15, 0.2) is 42.5 Å². The summed E-state index contributed by atoms with van der Waals surface area (Å²) in [6.45, 7) is 2.10. The number of ether oxygens (including phenoxy) is 3. The minimum Gasteiger partial charge on any atom is -0.495 e. The molecule has 0 bridgehead atoms. The average Bonchev–Trinajstić information content (AvgIpc) is 2.62. The molecule has 2 aromatic carbocycles. The third-order valence-electron chi connectivity index (χ3n) is 3.38. The van der Waals surface area contributed by atoms with Crippen molar-refractivity contribution in [2.24, 2.45) is 0 Å². The lowest BCUT2D eigenvalue weighted by Gasteiger charge is -2.09. The summed E-state index contributed by atoms with van der Waals surface area (Å²) in [6, 6.07) is 12.0. The zero-order valence-electron chi connectivity index (χ0n) is 14.6. The Bertz CT molecular complexity index is 761. The predicted octanol–water partition coefficient (Wildman–Crippen LogP) is 3.47. The van der Waals surface area contributed by atoms with Gasteiger partial charge in [-0.3, -0.25) is 9.59 Å². The van der Waals surface area contributed by atoms with E-state index >= 15 is 0 Å². The molecule has 0 aromatic heterocycles. The first-order valence-corrected chi connectivity index (χ1v) is 8.40. The molecular weight excluding hydrogens is 358 g/mol. The van der Waals surface area contributed by atoms with Crippen molar-refractivity contribution in [2.45, 2.75) is 13.3 Å². The van der Waals surface area contributed by atoms with Crippen LogP contribution in [0, 0.1) is 0 Å². The number of halogens is 1. The molecule has 7 heteroatoms. The number of hydrogen-bond donors (Lipinski definition) is 1. The molecule has 26 heavy (non-hydrogen) atoms. The highest BCUT2D eigenvalue weighted by Gasteiger charge is 2.10. The molecule has 0 atom stereocenters. The first-order valence-electron chi connectivity index (χ1n) is 8.02. The second kappa shape index (κ2) is 9.68. The predicted molar refractivity (Wildman–Crippen MR) is 98.9 cm³/mol. The Morgan fingerprint density at radius 2 is 1.85 bits per heavy atom. The second-order valence-electron chi connectivity index (χ2n) is 5.31. The maximum absolute atomic E-state index is 11.9. The molecule has 1 amide bonds. The van der Waals surface area contributed by atoms with Crippen LogP contribution in [0.5, 0.6) is 11.5 Å². The molecule has 0 radical (unpaired) electrons. The van der Waals surface area contributed by atoms with Gasteiger partial charge in [0.25, 0.3) is 5.91 Å². The van der Waals surface area contributed by atoms with Gasteiger partial charge in [-0.05, 0) is 42.8 Å². The molecule has 1 N–H and O–H groups in total. The highest BCUT2D eigenvalue weighted by atomic mass is 35.5. The van der Waals surface area contributed by atoms with Crippen LogP contribution in [-0.2, 0) is 20.7 Å². The van der Waals surface area contributed by atoms with Crippen LogP contribution >= 0.6 is 11.6 Å². The van der Waals surface area contributed by atoms with E-state index in [2.05, 4.69) is 5.32 Å². The van der Waals surface area contributed by atoms with Gasteiger partial charge in [0, 0.05) is 5.69 Å². The minimum atomic E-state index is -0.489. The average molecular weight is 378 g/mol. The largest absolute Gasteiger partial charge is 0.495 e. The van der Waals surface area contributed by atoms with Crippen LogP contribution in [0.2, 0.25) is 5.02 Å². The van der Waals surface area contributed by atoms with Crippen molar-refractivity contribution < 1.29 is 23.8 Å². The van der Waals surface area contributed by atoms with E-state index in [1.807, 2.05) is 6.92 Å². The quantitative estimate of drug-likeness (QED) is 0.713. The van der Waals surface area contributed by atoms with Gasteiger partial charge in [0.1, 0.15) is 11.5 Å². The van der Waals surface area contributed by atoms with Crippen LogP contribution in [0.1, 0.15) is 12.5 Å². The SMILES string of the molecule is CCOc1ccc(CC(=O)OCC(=O)Nc2ccc(OC)c(Cl)c2)cc1. The van der Waals surface area contributed by atoms with Crippen LogP contribution in [-0.4, -0.2) is 32.2 Å². The fourth-order valence-electron chi connectivity index (χ4n) is 2.18. The zero-order valence-corrected chi connectivity index (χ0v) is 15.3. The molecule has 0 unspecified atom stereocenters. The van der Waals surface area contributed by atoms with Crippen LogP contribution in [0.25, 0.3) is 0 Å². The monoisotopic (exact) mass is 377 g/mol. The molecule has 138 valence electrons. The third kappa shape index (κ3) is 5.97. The maximum Gasteiger partial charge on any atom is 0.310 e. The Labute approximate surface area is 157 Å². The van der Waals surface area contributed by atoms with E-state index < -0.39 is 11.9 Å². The number of carbonyl (C=O) groups is 2. The van der Waals surface area contributed by atoms with E-state index in [1.165, 1.54) is 7.11 Å². The highest BCUT2D eigenvalue weighted by molar-refractivity contribution is 6.32. The summed E-state index contributed by atoms with van der Waals surface area (Å²) in [7, 11) is 1.50. The number of methoxy groups -OCH3 is 1. The Morgan fingerprint density at radius 3 is 2.46 bits per heavy atom. The zero-order chi connectivity index (χ0) is 18.9. The standard InChI is InChI=1S/C19H20ClNO5/c1-3-25-15-7-4-13(5-8-15)10-19(23)26-12-18(22)21-14-6-9-17(24-2)16(20)11-14/h4-9,11H,3,10,12H2,1-2H3,(H,21,22). The molecule has 0 saturated carbocycles. The van der Waals surface area contributed by atoms with E-state index in [-0.39, 0.29) is 13.0 Å². The Morgan fingerprint density at radius 1 is 1.12 bits per heavy atom. The lowest BCUT2D eigenvalue weighted by Crippen LogP contribution is -2.21. The first-order chi connectivity index (χ1) is 12.5. The lowest BCUT2D eigenvalue weighted by molar-refractivity contribution is -0.146. The van der Waals surface area contributed by atoms with Gasteiger partial charge in [-0.2, -0.15) is 0 Å². The van der Waals surface area contributed by atoms with Crippen molar-refractivity contribution in [1.29, 1.82) is 0 Å². The molecule has 0 aliphatic carbocycles. The fourth-order valence-corrected chi connectivity index (χ4v) is 2.43. The number of carbonyl (C=O) groups excluding carboxylic acids is 2. The van der Waals surface area contributed by atoms with E-state index in [0.29, 0.717) is 23.1 Å². The second-order valence-corrected chi connectivity index (χ2v) is 5.72. The summed E-state index contributed by atoms with van der Waals surface area (Å²) in [5, 5.41) is 2.98. The molecular formula is C19H20ClNO5. The van der Waals surface area contributed by atoms with Crippen molar-refractivity contribution >= 4 is 29.2 Å². The molecule has 6 nitrogen and oxygen atoms in total. The molecule has 2 rings (SSSR count). The summed E-state index contributed by atoms with van der Waals surface area (Å²) in [5.41, 5.74) is 1.27. The summed E-state index contributed by atoms with van der Waals surface area (Å²) >= 11 is 5.99. The van der Waals surface area contributed by atoms with Gasteiger partial charge >= 0.3 is 5.97 Å². The van der Waals surface area contributed by atoms with Crippen molar-refractivity contribution in [3.05, 3.63) is 53.1 Å². The van der Waals surface area contributed by atoms with Gasteiger partial charge in [-0.1, -0.05) is 23.7 Å². The highest BCUT2D eigenvalue weighted by Crippen LogP contribution is 2.27. The molecule has 0 heterocycles. The minimum absolute atomic E-state index is 0.0774. The molecule has 0 aliphatic rings. The summed E-state index contributed by atoms with van der Waals surface area (Å²) in [6.07, 6.45) is 0.0774. The summed E-state index contributed by atoms with van der Waals surface area (Å²) < 4.78 is 15.4. The number of benzene rings is 2. The lowest BCUT2D eigenvalue weighted by atomic mass is 10.1. The van der Waals surface area contributed by atoms with Gasteiger partial charge in [0.05, 0.1) is 25.2 Å². The number of nitrogens with one attached hydrogen (secondary N) is 1. The fraction of sp³-hybridized carbons (Fsp3) is 0.263. The number of anilines is 1. The smallest absolute Gasteiger partial charge is 0.310 e. The van der Waals surface area contributed by atoms with Crippen LogP contribution in [0.4, 0.5) is 5.69 Å². The Hall–Kier alpha value is -2.73. The topological polar surface area (TPSA) is 73.9 Å². The van der Waals surface area contributed by atoms with Gasteiger partial charge < -0.3 is 19.5 Å². The number of hydrogen-bond acceptors (Lipinski definition) is 5. The molecule has 2 aromatic rings. The molecule has 0 saturated heterocycles. The normalized spacial score (nSPS) is 10.1. The van der Waals surface area contributed by atoms with Crippen molar-refractivity contribution in [3.8, 4) is 11.5 Å². The van der Waals surface area contributed by atoms with Crippen molar-refractivity contribution in [2.75, 3.05) is 25.6 Å². The van der Waals surface area contributed by atoms with Crippen LogP contribution < -0.4 is 14.8 Å². The third-order valence-corrected chi connectivity index (χ3v) is 3.68. The molecule has 0 spiro atoms. The van der Waals surface area contributed by atoms with E-state index in [1.54, 1.807) is 42.5 Å². The Balaban J connectivity index is 1.79. The van der Waals surface area contributed by atoms with Gasteiger partial charge in [0.15, 0.2) is 6.61 Å². The Kier molecular flexibility index (Phi) is 7.29. The van der Waals surface area contributed by atoms with E-state index in [9.17, 15) is 9.59 Å². The number of amides is 1. The van der Waals surface area contributed by atoms with Gasteiger partial charge in [0.2, 0.25) is 0 Å². The number of rotatable bonds is 8. The molecule has 0 fully saturated rings. The van der Waals surface area contributed by atoms with E-state index in [0.717, 1.165) is 11.3 Å². The van der Waals surface area contributed by atoms with Crippen molar-refractivity contribution in [1.82, 2.24) is 0 Å². The van der Waals surface area contributed by atoms with Crippen LogP contribution in [0.3, 0.4) is 0 Å². The van der Waals surface area contributed by atoms with Gasteiger partial charge in [-0.25, -0.2) is 0 Å². The maximum atomic E-state index is 11.9. The first kappa shape index (κ1) is 19.6. The number of esters is 1. The van der Waals surface area contributed by atoms with E-state index in [4.69, 9.17) is 25.8 Å². The summed E-state index contributed by atoms with van der Waals surface area (Å²) in [5.74, 6) is 0.303. The summed E-state index contributed by atoms with van der Waals surface area (Å²) in [4.78, 5) is 23.7.